The minimum Gasteiger partial charge on any atom is -0.452 e. The van der Waals surface area contributed by atoms with E-state index in [1.165, 1.54) is 0 Å². The molecule has 26 heavy (non-hydrogen) atoms. The van der Waals surface area contributed by atoms with Gasteiger partial charge in [-0.25, -0.2) is 9.48 Å². The molecule has 1 N–H and O–H groups in total. The van der Waals surface area contributed by atoms with E-state index in [9.17, 15) is 9.59 Å². The van der Waals surface area contributed by atoms with Crippen molar-refractivity contribution in [1.29, 1.82) is 0 Å². The Morgan fingerprint density at radius 3 is 2.42 bits per heavy atom. The summed E-state index contributed by atoms with van der Waals surface area (Å²) in [5.74, 6) is -0.880. The van der Waals surface area contributed by atoms with E-state index < -0.39 is 5.97 Å². The second-order valence-corrected chi connectivity index (χ2v) is 5.77. The van der Waals surface area contributed by atoms with E-state index in [0.29, 0.717) is 12.1 Å². The zero-order valence-corrected chi connectivity index (χ0v) is 14.4. The lowest BCUT2D eigenvalue weighted by molar-refractivity contribution is -0.124. The molecular weight excluding hydrogens is 330 g/mol. The lowest BCUT2D eigenvalue weighted by Crippen LogP contribution is -2.28. The largest absolute Gasteiger partial charge is 0.452 e. The number of carbonyl (C=O) groups excluding carboxylic acids is 2. The summed E-state index contributed by atoms with van der Waals surface area (Å²) in [6, 6.07) is 18.3. The van der Waals surface area contributed by atoms with Crippen LogP contribution in [0.4, 0.5) is 0 Å². The molecule has 0 saturated carbocycles. The smallest absolute Gasteiger partial charge is 0.338 e. The molecule has 1 amide bonds. The molecule has 132 valence electrons. The van der Waals surface area contributed by atoms with Gasteiger partial charge in [-0.1, -0.05) is 30.3 Å². The van der Waals surface area contributed by atoms with Gasteiger partial charge in [0.2, 0.25) is 0 Å². The standard InChI is InChI=1S/C20H19N3O3/c1-15-11-12-22-23(15)18-9-7-17(8-10-18)20(25)26-14-19(24)21-13-16-5-3-2-4-6-16/h2-12H,13-14H2,1H3,(H,21,24). The Kier molecular flexibility index (Phi) is 5.43. The predicted octanol–water partition coefficient (Wildman–Crippen LogP) is 2.65. The summed E-state index contributed by atoms with van der Waals surface area (Å²) in [6.07, 6.45) is 1.71. The third-order valence-corrected chi connectivity index (χ3v) is 3.85. The third-order valence-electron chi connectivity index (χ3n) is 3.85. The van der Waals surface area contributed by atoms with Gasteiger partial charge in [-0.3, -0.25) is 4.79 Å². The van der Waals surface area contributed by atoms with Crippen molar-refractivity contribution >= 4 is 11.9 Å². The van der Waals surface area contributed by atoms with Gasteiger partial charge >= 0.3 is 5.97 Å². The number of nitrogens with zero attached hydrogens (tertiary/aromatic N) is 2. The van der Waals surface area contributed by atoms with Crippen LogP contribution in [0.5, 0.6) is 0 Å². The zero-order chi connectivity index (χ0) is 18.4. The molecule has 1 aromatic heterocycles. The van der Waals surface area contributed by atoms with Gasteiger partial charge in [0.1, 0.15) is 0 Å². The van der Waals surface area contributed by atoms with Crippen LogP contribution < -0.4 is 5.32 Å². The van der Waals surface area contributed by atoms with E-state index >= 15 is 0 Å². The van der Waals surface area contributed by atoms with E-state index in [1.54, 1.807) is 35.1 Å². The van der Waals surface area contributed by atoms with Crippen LogP contribution in [0.15, 0.2) is 66.9 Å². The van der Waals surface area contributed by atoms with Crippen LogP contribution in [0.2, 0.25) is 0 Å². The molecule has 1 heterocycles. The molecule has 3 aromatic rings. The Morgan fingerprint density at radius 1 is 1.04 bits per heavy atom. The van der Waals surface area contributed by atoms with Gasteiger partial charge in [-0.05, 0) is 42.8 Å². The maximum Gasteiger partial charge on any atom is 0.338 e. The van der Waals surface area contributed by atoms with Gasteiger partial charge < -0.3 is 10.1 Å². The highest BCUT2D eigenvalue weighted by atomic mass is 16.5. The number of ether oxygens (including phenoxy) is 1. The second-order valence-electron chi connectivity index (χ2n) is 5.77. The molecule has 0 atom stereocenters. The molecule has 2 aromatic carbocycles. The molecule has 6 nitrogen and oxygen atoms in total. The number of carbonyl (C=O) groups is 2. The minimum atomic E-state index is -0.538. The van der Waals surface area contributed by atoms with Crippen molar-refractivity contribution in [2.24, 2.45) is 0 Å². The molecule has 0 saturated heterocycles. The fourth-order valence-electron chi connectivity index (χ4n) is 2.44. The van der Waals surface area contributed by atoms with E-state index in [4.69, 9.17) is 4.74 Å². The van der Waals surface area contributed by atoms with Crippen molar-refractivity contribution < 1.29 is 14.3 Å². The molecule has 0 bridgehead atoms. The monoisotopic (exact) mass is 349 g/mol. The van der Waals surface area contributed by atoms with Crippen molar-refractivity contribution in [3.05, 3.63) is 83.7 Å². The van der Waals surface area contributed by atoms with Crippen molar-refractivity contribution in [1.82, 2.24) is 15.1 Å². The summed E-state index contributed by atoms with van der Waals surface area (Å²) in [4.78, 5) is 23.9. The summed E-state index contributed by atoms with van der Waals surface area (Å²) < 4.78 is 6.83. The molecule has 6 heteroatoms. The summed E-state index contributed by atoms with van der Waals surface area (Å²) >= 11 is 0. The highest BCUT2D eigenvalue weighted by Crippen LogP contribution is 2.12. The lowest BCUT2D eigenvalue weighted by atomic mass is 10.2. The van der Waals surface area contributed by atoms with Gasteiger partial charge in [0.25, 0.3) is 5.91 Å². The Morgan fingerprint density at radius 2 is 1.77 bits per heavy atom. The SMILES string of the molecule is Cc1ccnn1-c1ccc(C(=O)OCC(=O)NCc2ccccc2)cc1. The second kappa shape index (κ2) is 8.11. The van der Waals surface area contributed by atoms with Crippen LogP contribution in [0.1, 0.15) is 21.6 Å². The normalized spacial score (nSPS) is 10.3. The molecular formula is C20H19N3O3. The highest BCUT2D eigenvalue weighted by molar-refractivity contribution is 5.91. The fourth-order valence-corrected chi connectivity index (χ4v) is 2.44. The Balaban J connectivity index is 1.50. The number of nitrogens with one attached hydrogen (secondary N) is 1. The number of esters is 1. The number of aromatic nitrogens is 2. The average Bonchev–Trinajstić information content (AvgIpc) is 3.11. The summed E-state index contributed by atoms with van der Waals surface area (Å²) in [5, 5.41) is 6.92. The predicted molar refractivity (Wildman–Crippen MR) is 96.9 cm³/mol. The molecule has 0 radical (unpaired) electrons. The Bertz CT molecular complexity index is 886. The van der Waals surface area contributed by atoms with Gasteiger partial charge in [0.15, 0.2) is 6.61 Å². The Labute approximate surface area is 151 Å². The molecule has 0 aliphatic heterocycles. The quantitative estimate of drug-likeness (QED) is 0.695. The van der Waals surface area contributed by atoms with Crippen LogP contribution in [0, 0.1) is 6.92 Å². The van der Waals surface area contributed by atoms with E-state index in [1.807, 2.05) is 43.3 Å². The van der Waals surface area contributed by atoms with Gasteiger partial charge in [0, 0.05) is 18.4 Å². The first-order valence-corrected chi connectivity index (χ1v) is 8.22. The van der Waals surface area contributed by atoms with Gasteiger partial charge in [0.05, 0.1) is 11.3 Å². The topological polar surface area (TPSA) is 73.2 Å². The third kappa shape index (κ3) is 4.36. The summed E-state index contributed by atoms with van der Waals surface area (Å²) in [6.45, 7) is 2.03. The number of aryl methyl sites for hydroxylation is 1. The number of amides is 1. The van der Waals surface area contributed by atoms with Crippen LogP contribution in [0.3, 0.4) is 0 Å². The molecule has 3 rings (SSSR count). The van der Waals surface area contributed by atoms with Crippen LogP contribution in [0.25, 0.3) is 5.69 Å². The van der Waals surface area contributed by atoms with Crippen molar-refractivity contribution in [2.45, 2.75) is 13.5 Å². The minimum absolute atomic E-state index is 0.314. The molecule has 0 aliphatic rings. The molecule has 0 spiro atoms. The number of benzene rings is 2. The number of rotatable bonds is 6. The highest BCUT2D eigenvalue weighted by Gasteiger charge is 2.11. The fraction of sp³-hybridized carbons (Fsp3) is 0.150. The van der Waals surface area contributed by atoms with Crippen LogP contribution >= 0.6 is 0 Å². The number of hydrogen-bond donors (Lipinski definition) is 1. The average molecular weight is 349 g/mol. The molecule has 0 aliphatic carbocycles. The maximum absolute atomic E-state index is 12.1. The zero-order valence-electron chi connectivity index (χ0n) is 14.4. The summed E-state index contributed by atoms with van der Waals surface area (Å²) in [5.41, 5.74) is 3.21. The number of hydrogen-bond acceptors (Lipinski definition) is 4. The van der Waals surface area contributed by atoms with Crippen LogP contribution in [-0.4, -0.2) is 28.3 Å². The first kappa shape index (κ1) is 17.4. The molecule has 0 unspecified atom stereocenters. The van der Waals surface area contributed by atoms with E-state index in [0.717, 1.165) is 16.9 Å². The Hall–Kier alpha value is -3.41. The maximum atomic E-state index is 12.1. The summed E-state index contributed by atoms with van der Waals surface area (Å²) in [7, 11) is 0. The van der Waals surface area contributed by atoms with Gasteiger partial charge in [-0.2, -0.15) is 5.10 Å². The van der Waals surface area contributed by atoms with Gasteiger partial charge in [-0.15, -0.1) is 0 Å². The lowest BCUT2D eigenvalue weighted by Gasteiger charge is -2.08. The first-order chi connectivity index (χ1) is 12.6. The van der Waals surface area contributed by atoms with Crippen molar-refractivity contribution in [3.63, 3.8) is 0 Å². The van der Waals surface area contributed by atoms with Crippen molar-refractivity contribution in [2.75, 3.05) is 6.61 Å². The van der Waals surface area contributed by atoms with E-state index in [-0.39, 0.29) is 12.5 Å². The van der Waals surface area contributed by atoms with Crippen LogP contribution in [-0.2, 0) is 16.1 Å². The first-order valence-electron chi connectivity index (χ1n) is 8.22. The van der Waals surface area contributed by atoms with E-state index in [2.05, 4.69) is 10.4 Å². The van der Waals surface area contributed by atoms with Crippen molar-refractivity contribution in [3.8, 4) is 5.69 Å². The molecule has 0 fully saturated rings.